The van der Waals surface area contributed by atoms with Crippen molar-refractivity contribution in [3.05, 3.63) is 138 Å². The fourth-order valence-electron chi connectivity index (χ4n) is 5.35. The van der Waals surface area contributed by atoms with E-state index in [0.717, 1.165) is 22.4 Å². The Morgan fingerprint density at radius 2 is 1.19 bits per heavy atom. The molecule has 186 valence electrons. The Bertz CT molecular complexity index is 1230. The van der Waals surface area contributed by atoms with E-state index in [1.54, 1.807) is 4.90 Å². The molecular formula is C32H29NO4. The van der Waals surface area contributed by atoms with Gasteiger partial charge in [0.05, 0.1) is 25.0 Å². The number of benzene rings is 4. The van der Waals surface area contributed by atoms with Gasteiger partial charge < -0.3 is 14.7 Å². The number of hydrogen-bond donors (Lipinski definition) is 1. The number of para-hydroxylation sites is 1. The number of carbonyl (C=O) groups is 2. The van der Waals surface area contributed by atoms with Gasteiger partial charge in [0.2, 0.25) is 5.91 Å². The summed E-state index contributed by atoms with van der Waals surface area (Å²) in [5, 5.41) is 9.44. The first kappa shape index (κ1) is 24.5. The molecule has 0 bridgehead atoms. The van der Waals surface area contributed by atoms with Crippen molar-refractivity contribution in [1.29, 1.82) is 0 Å². The fourth-order valence-corrected chi connectivity index (χ4v) is 5.35. The zero-order valence-electron chi connectivity index (χ0n) is 20.4. The quantitative estimate of drug-likeness (QED) is 0.297. The average Bonchev–Trinajstić information content (AvgIpc) is 3.25. The number of amides is 1. The highest BCUT2D eigenvalue weighted by Crippen LogP contribution is 2.42. The smallest absolute Gasteiger partial charge is 0.304 e. The molecule has 1 heterocycles. The molecule has 0 radical (unpaired) electrons. The lowest BCUT2D eigenvalue weighted by atomic mass is 9.80. The van der Waals surface area contributed by atoms with Crippen molar-refractivity contribution < 1.29 is 19.4 Å². The average molecular weight is 492 g/mol. The minimum atomic E-state index is -0.972. The molecule has 4 aromatic rings. The van der Waals surface area contributed by atoms with Crippen LogP contribution in [0.5, 0.6) is 0 Å². The summed E-state index contributed by atoms with van der Waals surface area (Å²) in [5.74, 6) is -1.74. The molecule has 5 rings (SSSR count). The number of carboxylic acid groups (broad SMARTS) is 1. The minimum Gasteiger partial charge on any atom is -0.481 e. The Balaban J connectivity index is 1.58. The SMILES string of the molecule is O=C(O)C[C@@H]1C[C@@H](COC(c2ccccc2)(c2ccccc2)c2ccccc2)N(c2ccccc2)C1=O. The molecule has 1 N–H and O–H groups in total. The van der Waals surface area contributed by atoms with E-state index in [2.05, 4.69) is 36.4 Å². The van der Waals surface area contributed by atoms with Gasteiger partial charge in [-0.3, -0.25) is 9.59 Å². The summed E-state index contributed by atoms with van der Waals surface area (Å²) >= 11 is 0. The normalized spacial score (nSPS) is 17.6. The van der Waals surface area contributed by atoms with Gasteiger partial charge in [0.25, 0.3) is 0 Å². The van der Waals surface area contributed by atoms with Crippen LogP contribution in [0.3, 0.4) is 0 Å². The van der Waals surface area contributed by atoms with Gasteiger partial charge in [-0.15, -0.1) is 0 Å². The molecule has 0 aliphatic carbocycles. The van der Waals surface area contributed by atoms with E-state index in [1.165, 1.54) is 0 Å². The van der Waals surface area contributed by atoms with Gasteiger partial charge in [-0.2, -0.15) is 0 Å². The predicted molar refractivity (Wildman–Crippen MR) is 143 cm³/mol. The predicted octanol–water partition coefficient (Wildman–Crippen LogP) is 5.89. The van der Waals surface area contributed by atoms with Gasteiger partial charge in [-0.05, 0) is 35.2 Å². The summed E-state index contributed by atoms with van der Waals surface area (Å²) in [5.41, 5.74) is 2.76. The first-order valence-corrected chi connectivity index (χ1v) is 12.5. The molecule has 2 atom stereocenters. The molecule has 4 aromatic carbocycles. The van der Waals surface area contributed by atoms with E-state index in [4.69, 9.17) is 4.74 Å². The number of carbonyl (C=O) groups excluding carboxylic acids is 1. The maximum Gasteiger partial charge on any atom is 0.304 e. The van der Waals surface area contributed by atoms with Gasteiger partial charge in [-0.25, -0.2) is 0 Å². The van der Waals surface area contributed by atoms with Crippen LogP contribution in [0.4, 0.5) is 5.69 Å². The third-order valence-electron chi connectivity index (χ3n) is 7.00. The van der Waals surface area contributed by atoms with Crippen molar-refractivity contribution in [3.8, 4) is 0 Å². The van der Waals surface area contributed by atoms with Crippen LogP contribution in [0.2, 0.25) is 0 Å². The van der Waals surface area contributed by atoms with E-state index in [1.807, 2.05) is 84.9 Å². The standard InChI is InChI=1S/C32H29NO4/c34-30(35)22-24-21-29(33(31(24)36)28-19-11-4-12-20-28)23-37-32(25-13-5-1-6-14-25,26-15-7-2-8-16-26)27-17-9-3-10-18-27/h1-20,24,29H,21-23H2,(H,34,35)/t24-,29-/m0/s1. The number of anilines is 1. The van der Waals surface area contributed by atoms with Crippen molar-refractivity contribution in [2.75, 3.05) is 11.5 Å². The monoisotopic (exact) mass is 491 g/mol. The summed E-state index contributed by atoms with van der Waals surface area (Å²) in [6, 6.07) is 39.4. The summed E-state index contributed by atoms with van der Waals surface area (Å²) < 4.78 is 6.98. The lowest BCUT2D eigenvalue weighted by Crippen LogP contribution is -2.41. The molecule has 1 aliphatic heterocycles. The Morgan fingerprint density at radius 3 is 1.62 bits per heavy atom. The molecule has 37 heavy (non-hydrogen) atoms. The molecule has 0 aromatic heterocycles. The third kappa shape index (κ3) is 4.91. The zero-order valence-corrected chi connectivity index (χ0v) is 20.4. The number of carboxylic acids is 1. The lowest BCUT2D eigenvalue weighted by Gasteiger charge is -2.38. The van der Waals surface area contributed by atoms with Crippen LogP contribution in [-0.4, -0.2) is 29.6 Å². The number of hydrogen-bond acceptors (Lipinski definition) is 3. The van der Waals surface area contributed by atoms with Crippen molar-refractivity contribution in [2.45, 2.75) is 24.5 Å². The van der Waals surface area contributed by atoms with Gasteiger partial charge in [-0.1, -0.05) is 109 Å². The van der Waals surface area contributed by atoms with Gasteiger partial charge in [0.1, 0.15) is 5.60 Å². The Labute approximate surface area is 217 Å². The molecule has 1 saturated heterocycles. The van der Waals surface area contributed by atoms with Crippen molar-refractivity contribution in [1.82, 2.24) is 0 Å². The maximum absolute atomic E-state index is 13.4. The third-order valence-corrected chi connectivity index (χ3v) is 7.00. The van der Waals surface area contributed by atoms with Gasteiger partial charge >= 0.3 is 5.97 Å². The molecule has 0 saturated carbocycles. The van der Waals surface area contributed by atoms with Crippen molar-refractivity contribution >= 4 is 17.6 Å². The zero-order chi connectivity index (χ0) is 25.7. The van der Waals surface area contributed by atoms with Crippen molar-refractivity contribution in [2.24, 2.45) is 5.92 Å². The first-order valence-electron chi connectivity index (χ1n) is 12.5. The van der Waals surface area contributed by atoms with Gasteiger partial charge in [0.15, 0.2) is 0 Å². The highest BCUT2D eigenvalue weighted by Gasteiger charge is 2.44. The molecule has 1 aliphatic rings. The first-order chi connectivity index (χ1) is 18.1. The van der Waals surface area contributed by atoms with Crippen LogP contribution in [-0.2, 0) is 19.9 Å². The van der Waals surface area contributed by atoms with E-state index in [-0.39, 0.29) is 25.0 Å². The largest absolute Gasteiger partial charge is 0.481 e. The fraction of sp³-hybridized carbons (Fsp3) is 0.188. The van der Waals surface area contributed by atoms with E-state index in [9.17, 15) is 14.7 Å². The van der Waals surface area contributed by atoms with E-state index < -0.39 is 17.5 Å². The van der Waals surface area contributed by atoms with Crippen LogP contribution in [0.15, 0.2) is 121 Å². The number of aliphatic carboxylic acids is 1. The van der Waals surface area contributed by atoms with Crippen LogP contribution in [0.25, 0.3) is 0 Å². The molecule has 0 unspecified atom stereocenters. The molecule has 5 nitrogen and oxygen atoms in total. The number of ether oxygens (including phenoxy) is 1. The maximum atomic E-state index is 13.4. The summed E-state index contributed by atoms with van der Waals surface area (Å²) in [6.45, 7) is 0.232. The Hall–Kier alpha value is -4.22. The van der Waals surface area contributed by atoms with E-state index in [0.29, 0.717) is 6.42 Å². The lowest BCUT2D eigenvalue weighted by molar-refractivity contribution is -0.140. The topological polar surface area (TPSA) is 66.8 Å². The summed E-state index contributed by atoms with van der Waals surface area (Å²) in [7, 11) is 0. The van der Waals surface area contributed by atoms with Crippen LogP contribution in [0, 0.1) is 5.92 Å². The Kier molecular flexibility index (Phi) is 7.15. The molecular weight excluding hydrogens is 462 g/mol. The van der Waals surface area contributed by atoms with Crippen LogP contribution in [0.1, 0.15) is 29.5 Å². The molecule has 1 amide bonds. The van der Waals surface area contributed by atoms with Crippen LogP contribution >= 0.6 is 0 Å². The number of rotatable bonds is 9. The minimum absolute atomic E-state index is 0.174. The number of nitrogens with zero attached hydrogens (tertiary/aromatic N) is 1. The molecule has 5 heteroatoms. The van der Waals surface area contributed by atoms with E-state index >= 15 is 0 Å². The van der Waals surface area contributed by atoms with Crippen molar-refractivity contribution in [3.63, 3.8) is 0 Å². The Morgan fingerprint density at radius 1 is 0.757 bits per heavy atom. The second-order valence-electron chi connectivity index (χ2n) is 9.32. The second kappa shape index (κ2) is 10.8. The second-order valence-corrected chi connectivity index (χ2v) is 9.32. The molecule has 0 spiro atoms. The van der Waals surface area contributed by atoms with Gasteiger partial charge in [0, 0.05) is 5.69 Å². The molecule has 1 fully saturated rings. The highest BCUT2D eigenvalue weighted by atomic mass is 16.5. The highest BCUT2D eigenvalue weighted by molar-refractivity contribution is 5.99. The summed E-state index contributed by atoms with van der Waals surface area (Å²) in [4.78, 5) is 26.6. The summed E-state index contributed by atoms with van der Waals surface area (Å²) in [6.07, 6.45) is 0.217. The van der Waals surface area contributed by atoms with Crippen LogP contribution < -0.4 is 4.90 Å².